The first kappa shape index (κ1) is 14.7. The van der Waals surface area contributed by atoms with Gasteiger partial charge >= 0.3 is 12.0 Å². The van der Waals surface area contributed by atoms with Gasteiger partial charge in [0.2, 0.25) is 0 Å². The van der Waals surface area contributed by atoms with Gasteiger partial charge < -0.3 is 20.8 Å². The van der Waals surface area contributed by atoms with Crippen LogP contribution in [-0.4, -0.2) is 34.9 Å². The lowest BCUT2D eigenvalue weighted by Gasteiger charge is -2.09. The van der Waals surface area contributed by atoms with Crippen molar-refractivity contribution in [3.63, 3.8) is 0 Å². The van der Waals surface area contributed by atoms with Crippen molar-refractivity contribution in [2.24, 2.45) is 0 Å². The van der Waals surface area contributed by atoms with Gasteiger partial charge in [-0.25, -0.2) is 9.59 Å². The molecule has 0 saturated heterocycles. The Balaban J connectivity index is 2.30. The molecule has 0 aromatic heterocycles. The zero-order valence-electron chi connectivity index (χ0n) is 9.39. The average Bonchev–Trinajstić information content (AvgIpc) is 2.32. The van der Waals surface area contributed by atoms with Gasteiger partial charge in [-0.05, 0) is 46.9 Å². The molecule has 0 fully saturated rings. The van der Waals surface area contributed by atoms with E-state index in [1.54, 1.807) is 12.1 Å². The van der Waals surface area contributed by atoms with Gasteiger partial charge in [-0.1, -0.05) is 0 Å². The number of anilines is 1. The first-order valence-electron chi connectivity index (χ1n) is 5.20. The van der Waals surface area contributed by atoms with E-state index in [1.165, 1.54) is 0 Å². The fourth-order valence-electron chi connectivity index (χ4n) is 1.15. The lowest BCUT2D eigenvalue weighted by atomic mass is 10.2. The SMILES string of the molecule is O=C(NCCC(O)C(=O)O)Nc1ccc(I)cc1. The number of urea groups is 1. The number of carboxylic acid groups (broad SMARTS) is 1. The van der Waals surface area contributed by atoms with Crippen molar-refractivity contribution in [2.45, 2.75) is 12.5 Å². The highest BCUT2D eigenvalue weighted by Gasteiger charge is 2.12. The molecule has 0 aliphatic carbocycles. The number of amides is 2. The number of nitrogens with one attached hydrogen (secondary N) is 2. The number of benzene rings is 1. The number of halogens is 1. The third-order valence-corrected chi connectivity index (χ3v) is 2.81. The third-order valence-electron chi connectivity index (χ3n) is 2.09. The smallest absolute Gasteiger partial charge is 0.332 e. The first-order chi connectivity index (χ1) is 8.49. The fourth-order valence-corrected chi connectivity index (χ4v) is 1.51. The van der Waals surface area contributed by atoms with Gasteiger partial charge in [-0.15, -0.1) is 0 Å². The predicted molar refractivity (Wildman–Crippen MR) is 74.4 cm³/mol. The van der Waals surface area contributed by atoms with Crippen molar-refractivity contribution in [1.29, 1.82) is 0 Å². The van der Waals surface area contributed by atoms with Gasteiger partial charge in [0.15, 0.2) is 6.10 Å². The van der Waals surface area contributed by atoms with Crippen LogP contribution < -0.4 is 10.6 Å². The minimum atomic E-state index is -1.45. The first-order valence-corrected chi connectivity index (χ1v) is 6.28. The molecule has 0 radical (unpaired) electrons. The zero-order valence-corrected chi connectivity index (χ0v) is 11.5. The largest absolute Gasteiger partial charge is 0.479 e. The van der Waals surface area contributed by atoms with Crippen LogP contribution in [-0.2, 0) is 4.79 Å². The normalized spacial score (nSPS) is 11.7. The van der Waals surface area contributed by atoms with Crippen molar-refractivity contribution >= 4 is 40.3 Å². The minimum Gasteiger partial charge on any atom is -0.479 e. The molecule has 2 amide bonds. The van der Waals surface area contributed by atoms with E-state index in [2.05, 4.69) is 33.2 Å². The van der Waals surface area contributed by atoms with Crippen LogP contribution in [0.3, 0.4) is 0 Å². The van der Waals surface area contributed by atoms with E-state index in [0.717, 1.165) is 3.57 Å². The van der Waals surface area contributed by atoms with Crippen LogP contribution in [0.4, 0.5) is 10.5 Å². The number of rotatable bonds is 5. The third kappa shape index (κ3) is 5.32. The van der Waals surface area contributed by atoms with E-state index in [4.69, 9.17) is 10.2 Å². The Bertz CT molecular complexity index is 422. The minimum absolute atomic E-state index is 0.0323. The second-order valence-corrected chi connectivity index (χ2v) is 4.78. The number of aliphatic hydroxyl groups is 1. The topological polar surface area (TPSA) is 98.7 Å². The van der Waals surface area contributed by atoms with E-state index in [9.17, 15) is 9.59 Å². The molecule has 1 atom stereocenters. The summed E-state index contributed by atoms with van der Waals surface area (Å²) in [7, 11) is 0. The molecule has 7 heteroatoms. The average molecular weight is 364 g/mol. The van der Waals surface area contributed by atoms with E-state index in [1.807, 2.05) is 12.1 Å². The Kier molecular flexibility index (Phi) is 5.86. The molecule has 1 aromatic rings. The summed E-state index contributed by atoms with van der Waals surface area (Å²) in [6.07, 6.45) is -1.49. The molecule has 0 heterocycles. The number of aliphatic carboxylic acids is 1. The standard InChI is InChI=1S/C11H13IN2O4/c12-7-1-3-8(4-2-7)14-11(18)13-6-5-9(15)10(16)17/h1-4,9,15H,5-6H2,(H,16,17)(H2,13,14,18). The highest BCUT2D eigenvalue weighted by molar-refractivity contribution is 14.1. The van der Waals surface area contributed by atoms with Crippen LogP contribution in [0, 0.1) is 3.57 Å². The quantitative estimate of drug-likeness (QED) is 0.591. The summed E-state index contributed by atoms with van der Waals surface area (Å²) in [6.45, 7) is 0.0870. The van der Waals surface area contributed by atoms with Gasteiger partial charge in [0.25, 0.3) is 0 Å². The monoisotopic (exact) mass is 364 g/mol. The number of hydrogen-bond donors (Lipinski definition) is 4. The number of carbonyl (C=O) groups is 2. The predicted octanol–water partition coefficient (Wildman–Crippen LogP) is 1.25. The van der Waals surface area contributed by atoms with Crippen molar-refractivity contribution in [1.82, 2.24) is 5.32 Å². The number of hydrogen-bond acceptors (Lipinski definition) is 3. The second-order valence-electron chi connectivity index (χ2n) is 3.53. The van der Waals surface area contributed by atoms with Crippen molar-refractivity contribution < 1.29 is 19.8 Å². The lowest BCUT2D eigenvalue weighted by Crippen LogP contribution is -2.33. The summed E-state index contributed by atoms with van der Waals surface area (Å²) >= 11 is 2.15. The molecule has 0 saturated carbocycles. The Morgan fingerprint density at radius 1 is 1.28 bits per heavy atom. The van der Waals surface area contributed by atoms with Gasteiger partial charge in [-0.3, -0.25) is 0 Å². The summed E-state index contributed by atoms with van der Waals surface area (Å²) in [5.41, 5.74) is 0.645. The van der Waals surface area contributed by atoms with E-state index in [-0.39, 0.29) is 13.0 Å². The Labute approximate surface area is 118 Å². The molecule has 0 aliphatic rings. The number of carbonyl (C=O) groups excluding carboxylic acids is 1. The molecule has 1 unspecified atom stereocenters. The number of carboxylic acids is 1. The van der Waals surface area contributed by atoms with Crippen LogP contribution in [0.5, 0.6) is 0 Å². The van der Waals surface area contributed by atoms with Gasteiger partial charge in [0.05, 0.1) is 0 Å². The van der Waals surface area contributed by atoms with E-state index >= 15 is 0 Å². The summed E-state index contributed by atoms with van der Waals surface area (Å²) in [5, 5.41) is 22.5. The summed E-state index contributed by atoms with van der Waals surface area (Å²) in [5.74, 6) is -1.30. The Morgan fingerprint density at radius 2 is 1.89 bits per heavy atom. The Morgan fingerprint density at radius 3 is 2.44 bits per heavy atom. The Hall–Kier alpha value is -1.35. The van der Waals surface area contributed by atoms with Crippen molar-refractivity contribution in [3.8, 4) is 0 Å². The fraction of sp³-hybridized carbons (Fsp3) is 0.273. The van der Waals surface area contributed by atoms with Crippen LogP contribution in [0.2, 0.25) is 0 Å². The van der Waals surface area contributed by atoms with Crippen molar-refractivity contribution in [3.05, 3.63) is 27.8 Å². The molecule has 0 aliphatic heterocycles. The molecule has 18 heavy (non-hydrogen) atoms. The van der Waals surface area contributed by atoms with E-state index in [0.29, 0.717) is 5.69 Å². The highest BCUT2D eigenvalue weighted by atomic mass is 127. The molecule has 1 rings (SSSR count). The highest BCUT2D eigenvalue weighted by Crippen LogP contribution is 2.10. The molecule has 1 aromatic carbocycles. The summed E-state index contributed by atoms with van der Waals surface area (Å²) in [4.78, 5) is 21.7. The molecule has 0 spiro atoms. The molecular weight excluding hydrogens is 351 g/mol. The summed E-state index contributed by atoms with van der Waals surface area (Å²) in [6, 6.07) is 6.78. The molecular formula is C11H13IN2O4. The van der Waals surface area contributed by atoms with Crippen LogP contribution in [0.1, 0.15) is 6.42 Å². The van der Waals surface area contributed by atoms with E-state index < -0.39 is 18.1 Å². The summed E-state index contributed by atoms with van der Waals surface area (Å²) < 4.78 is 1.06. The maximum Gasteiger partial charge on any atom is 0.332 e. The van der Waals surface area contributed by atoms with Crippen LogP contribution in [0.15, 0.2) is 24.3 Å². The maximum atomic E-state index is 11.4. The van der Waals surface area contributed by atoms with Gasteiger partial charge in [-0.2, -0.15) is 0 Å². The maximum absolute atomic E-state index is 11.4. The second kappa shape index (κ2) is 7.17. The van der Waals surface area contributed by atoms with Crippen LogP contribution >= 0.6 is 22.6 Å². The molecule has 6 nitrogen and oxygen atoms in total. The van der Waals surface area contributed by atoms with Crippen LogP contribution in [0.25, 0.3) is 0 Å². The molecule has 0 bridgehead atoms. The van der Waals surface area contributed by atoms with Gasteiger partial charge in [0.1, 0.15) is 0 Å². The van der Waals surface area contributed by atoms with Gasteiger partial charge in [0, 0.05) is 22.2 Å². The molecule has 98 valence electrons. The number of aliphatic hydroxyl groups excluding tert-OH is 1. The van der Waals surface area contributed by atoms with Crippen molar-refractivity contribution in [2.75, 3.05) is 11.9 Å². The molecule has 4 N–H and O–H groups in total. The zero-order chi connectivity index (χ0) is 13.5. The lowest BCUT2D eigenvalue weighted by molar-refractivity contribution is -0.146.